The fourth-order valence-corrected chi connectivity index (χ4v) is 12.2. The molecule has 3 fully saturated rings. The molecular weight excluding hydrogens is 561 g/mol. The number of nitrogens with zero attached hydrogens (tertiary/aromatic N) is 3. The number of allylic oxidation sites excluding steroid dienone is 8. The Morgan fingerprint density at radius 3 is 2.36 bits per heavy atom. The highest BCUT2D eigenvalue weighted by Crippen LogP contribution is 2.79. The van der Waals surface area contributed by atoms with E-state index in [-0.39, 0.29) is 39.3 Å². The number of Topliss-reactive ketones (excluding diaryl/α,β-unsaturated/α-hetero) is 1. The monoisotopic (exact) mass is 611 g/mol. The van der Waals surface area contributed by atoms with Gasteiger partial charge in [0.15, 0.2) is 11.6 Å². The SMILES string of the molecule is C=C[C@@]12CC[C@]3(C)C(=CC(=O)[C@@H]4[C@]5(C)CC(C)(C)CC[C@]5(N5C=C(CF)C=CC=N5)CC[C@]43C)[C@@]1(C)C=C(C#N)C(=O)C2(C)C. The van der Waals surface area contributed by atoms with Crippen LogP contribution in [0.15, 0.2) is 65.0 Å². The molecule has 0 aromatic heterocycles. The number of fused-ring (bicyclic) bond motifs is 7. The van der Waals surface area contributed by atoms with Gasteiger partial charge in [-0.1, -0.05) is 73.6 Å². The first kappa shape index (κ1) is 31.9. The van der Waals surface area contributed by atoms with Crippen molar-refractivity contribution in [2.45, 2.75) is 106 Å². The van der Waals surface area contributed by atoms with Crippen LogP contribution in [0.25, 0.3) is 0 Å². The largest absolute Gasteiger partial charge is 0.295 e. The second-order valence-electron chi connectivity index (χ2n) is 17.2. The Morgan fingerprint density at radius 2 is 1.71 bits per heavy atom. The lowest BCUT2D eigenvalue weighted by Crippen LogP contribution is -2.73. The first-order chi connectivity index (χ1) is 20.9. The number of hydrazone groups is 1. The average molecular weight is 612 g/mol. The molecular formula is C39H50FN3O2. The molecule has 0 radical (unpaired) electrons. The Hall–Kier alpha value is -3.07. The van der Waals surface area contributed by atoms with E-state index < -0.39 is 33.9 Å². The van der Waals surface area contributed by atoms with Gasteiger partial charge >= 0.3 is 0 Å². The van der Waals surface area contributed by atoms with Crippen LogP contribution in [0.2, 0.25) is 0 Å². The summed E-state index contributed by atoms with van der Waals surface area (Å²) >= 11 is 0. The zero-order valence-electron chi connectivity index (χ0n) is 28.5. The van der Waals surface area contributed by atoms with Crippen LogP contribution in [-0.2, 0) is 9.59 Å². The van der Waals surface area contributed by atoms with Crippen LogP contribution in [0.5, 0.6) is 0 Å². The summed E-state index contributed by atoms with van der Waals surface area (Å²) in [4.78, 5) is 28.8. The highest BCUT2D eigenvalue weighted by molar-refractivity contribution is 6.05. The van der Waals surface area contributed by atoms with E-state index in [1.807, 2.05) is 43.3 Å². The molecule has 0 unspecified atom stereocenters. The number of carbonyl (C=O) groups is 2. The number of alkyl halides is 1. The van der Waals surface area contributed by atoms with Crippen molar-refractivity contribution >= 4 is 17.8 Å². The summed E-state index contributed by atoms with van der Waals surface area (Å²) in [6, 6.07) is 2.21. The van der Waals surface area contributed by atoms with Crippen molar-refractivity contribution in [1.82, 2.24) is 5.01 Å². The maximum Gasteiger partial charge on any atom is 0.179 e. The summed E-state index contributed by atoms with van der Waals surface area (Å²) in [5.41, 5.74) is -2.03. The number of hydrogen-bond donors (Lipinski definition) is 0. The summed E-state index contributed by atoms with van der Waals surface area (Å²) in [6.07, 6.45) is 18.9. The van der Waals surface area contributed by atoms with E-state index in [2.05, 4.69) is 54.2 Å². The molecule has 45 heavy (non-hydrogen) atoms. The average Bonchev–Trinajstić information content (AvgIpc) is 3.22. The number of hydrogen-bond acceptors (Lipinski definition) is 5. The number of nitriles is 1. The van der Waals surface area contributed by atoms with E-state index in [0.717, 1.165) is 50.5 Å². The second kappa shape index (κ2) is 9.49. The van der Waals surface area contributed by atoms with E-state index in [1.165, 1.54) is 0 Å². The molecule has 6 rings (SSSR count). The molecule has 3 saturated carbocycles. The molecule has 5 nitrogen and oxygen atoms in total. The molecule has 0 bridgehead atoms. The third-order valence-electron chi connectivity index (χ3n) is 14.7. The van der Waals surface area contributed by atoms with Gasteiger partial charge in [0.25, 0.3) is 0 Å². The molecule has 6 heteroatoms. The predicted octanol–water partition coefficient (Wildman–Crippen LogP) is 8.62. The van der Waals surface area contributed by atoms with Gasteiger partial charge in [0, 0.05) is 45.6 Å². The maximum absolute atomic E-state index is 15.1. The van der Waals surface area contributed by atoms with Gasteiger partial charge in [-0.3, -0.25) is 14.6 Å². The number of halogens is 1. The van der Waals surface area contributed by atoms with Gasteiger partial charge in [0.2, 0.25) is 0 Å². The summed E-state index contributed by atoms with van der Waals surface area (Å²) in [6.45, 7) is 21.4. The number of ketones is 2. The third-order valence-corrected chi connectivity index (χ3v) is 14.7. The molecule has 0 amide bonds. The Kier molecular flexibility index (Phi) is 6.73. The molecule has 1 aliphatic heterocycles. The molecule has 0 saturated heterocycles. The van der Waals surface area contributed by atoms with Gasteiger partial charge in [-0.2, -0.15) is 10.4 Å². The molecule has 0 aromatic rings. The molecule has 5 aliphatic carbocycles. The summed E-state index contributed by atoms with van der Waals surface area (Å²) in [7, 11) is 0. The van der Waals surface area contributed by atoms with Crippen LogP contribution < -0.4 is 0 Å². The quantitative estimate of drug-likeness (QED) is 0.300. The fourth-order valence-electron chi connectivity index (χ4n) is 12.2. The van der Waals surface area contributed by atoms with Crippen LogP contribution >= 0.6 is 0 Å². The van der Waals surface area contributed by atoms with Crippen molar-refractivity contribution in [2.24, 2.45) is 48.9 Å². The topological polar surface area (TPSA) is 73.5 Å². The minimum absolute atomic E-state index is 0.0247. The van der Waals surface area contributed by atoms with Crippen LogP contribution in [0.1, 0.15) is 100 Å². The number of carbonyl (C=O) groups excluding carboxylic acids is 2. The van der Waals surface area contributed by atoms with Crippen LogP contribution in [0, 0.1) is 55.2 Å². The smallest absolute Gasteiger partial charge is 0.179 e. The lowest BCUT2D eigenvalue weighted by Gasteiger charge is -2.74. The Morgan fingerprint density at radius 1 is 1.02 bits per heavy atom. The molecule has 240 valence electrons. The lowest BCUT2D eigenvalue weighted by atomic mass is 9.30. The van der Waals surface area contributed by atoms with Crippen LogP contribution in [-0.4, -0.2) is 35.0 Å². The predicted molar refractivity (Wildman–Crippen MR) is 176 cm³/mol. The van der Waals surface area contributed by atoms with E-state index in [1.54, 1.807) is 18.4 Å². The van der Waals surface area contributed by atoms with Crippen molar-refractivity contribution in [3.05, 3.63) is 59.9 Å². The maximum atomic E-state index is 15.1. The minimum Gasteiger partial charge on any atom is -0.295 e. The molecule has 6 aliphatic rings. The fraction of sp³-hybridized carbons (Fsp3) is 0.641. The van der Waals surface area contributed by atoms with Crippen LogP contribution in [0.3, 0.4) is 0 Å². The number of rotatable bonds is 3. The normalized spacial score (nSPS) is 44.6. The van der Waals surface area contributed by atoms with Crippen molar-refractivity contribution in [3.63, 3.8) is 0 Å². The van der Waals surface area contributed by atoms with Gasteiger partial charge in [0.05, 0.1) is 11.1 Å². The molecule has 7 atom stereocenters. The molecule has 0 N–H and O–H groups in total. The summed E-state index contributed by atoms with van der Waals surface area (Å²) in [5.74, 6) is -0.299. The van der Waals surface area contributed by atoms with E-state index in [0.29, 0.717) is 5.57 Å². The van der Waals surface area contributed by atoms with Crippen molar-refractivity contribution < 1.29 is 14.0 Å². The van der Waals surface area contributed by atoms with Gasteiger partial charge in [-0.25, -0.2) is 4.39 Å². The Bertz CT molecular complexity index is 1590. The molecule has 1 heterocycles. The van der Waals surface area contributed by atoms with Crippen molar-refractivity contribution in [1.29, 1.82) is 5.26 Å². The lowest BCUT2D eigenvalue weighted by molar-refractivity contribution is -0.210. The zero-order chi connectivity index (χ0) is 33.1. The molecule has 0 aromatic carbocycles. The summed E-state index contributed by atoms with van der Waals surface area (Å²) in [5, 5.41) is 17.1. The first-order valence-electron chi connectivity index (χ1n) is 16.7. The van der Waals surface area contributed by atoms with Gasteiger partial charge in [-0.15, -0.1) is 6.58 Å². The molecule has 0 spiro atoms. The highest BCUT2D eigenvalue weighted by Gasteiger charge is 2.76. The zero-order valence-corrected chi connectivity index (χ0v) is 28.5. The third kappa shape index (κ3) is 3.62. The van der Waals surface area contributed by atoms with Gasteiger partial charge in [-0.05, 0) is 78.9 Å². The van der Waals surface area contributed by atoms with E-state index in [4.69, 9.17) is 5.10 Å². The van der Waals surface area contributed by atoms with E-state index >= 15 is 4.79 Å². The Labute approximate surface area is 269 Å². The highest BCUT2D eigenvalue weighted by atomic mass is 19.1. The first-order valence-corrected chi connectivity index (χ1v) is 16.7. The standard InChI is InChI=1S/C39H50FN3O2/c1-10-38-16-14-34(6)29(36(38,8)21-27(23-41)31(45)33(38,4)5)20-28(44)30-35(34,7)15-18-39(17-13-32(2,3)25-37(30,39)9)43-24-26(22-40)12-11-19-42-43/h10-12,19-21,24,30H,1,13-18,22,25H2,2-9H3/t30-,34+,35+,36+,37-,38-,39-/m0/s1. The van der Waals surface area contributed by atoms with Gasteiger partial charge in [0.1, 0.15) is 12.7 Å². The van der Waals surface area contributed by atoms with E-state index in [9.17, 15) is 14.4 Å². The van der Waals surface area contributed by atoms with Crippen molar-refractivity contribution in [3.8, 4) is 6.07 Å². The second-order valence-corrected chi connectivity index (χ2v) is 17.2. The van der Waals surface area contributed by atoms with Gasteiger partial charge < -0.3 is 0 Å². The minimum atomic E-state index is -0.855. The summed E-state index contributed by atoms with van der Waals surface area (Å²) < 4.78 is 14.1. The van der Waals surface area contributed by atoms with Crippen LogP contribution in [0.4, 0.5) is 4.39 Å². The Balaban J connectivity index is 1.59. The van der Waals surface area contributed by atoms with Crippen molar-refractivity contribution in [2.75, 3.05) is 6.67 Å².